The number of hydrogen-bond donors (Lipinski definition) is 2. The lowest BCUT2D eigenvalue weighted by Gasteiger charge is -2.39. The van der Waals surface area contributed by atoms with Gasteiger partial charge < -0.3 is 25.2 Å². The number of aromatic carboxylic acids is 1. The quantitative estimate of drug-likeness (QED) is 0.385. The number of Topliss-reactive ketones (excluding diaryl/α,β-unsaturated/α-hetero) is 1. The summed E-state index contributed by atoms with van der Waals surface area (Å²) in [5.41, 5.74) is 7.19. The van der Waals surface area contributed by atoms with Crippen molar-refractivity contribution in [2.24, 2.45) is 11.7 Å². The monoisotopic (exact) mass is 572 g/mol. The number of fused-ring (bicyclic) bond motifs is 2. The number of aromatic nitrogens is 2. The molecule has 1 aromatic carbocycles. The summed E-state index contributed by atoms with van der Waals surface area (Å²) in [6.07, 6.45) is 1.25. The van der Waals surface area contributed by atoms with Gasteiger partial charge in [0.2, 0.25) is 5.95 Å². The molecule has 0 amide bonds. The molecule has 3 N–H and O–H groups in total. The number of carboxylic acids is 1. The predicted octanol–water partition coefficient (Wildman–Crippen LogP) is 4.82. The SMILES string of the molecule is NC(=C(COC1CC2CC[C@@H](C1)N2c1nc(C(=O)O)cc(C2CC2)n1)C(=O)C1CC1)c1ccccc1OC(F)(F)F. The van der Waals surface area contributed by atoms with E-state index in [1.165, 1.54) is 24.3 Å². The second kappa shape index (κ2) is 10.6. The Morgan fingerprint density at radius 2 is 1.71 bits per heavy atom. The van der Waals surface area contributed by atoms with Crippen LogP contribution in [0.2, 0.25) is 0 Å². The summed E-state index contributed by atoms with van der Waals surface area (Å²) < 4.78 is 49.5. The molecule has 12 heteroatoms. The summed E-state index contributed by atoms with van der Waals surface area (Å²) in [5.74, 6) is -1.26. The van der Waals surface area contributed by atoms with Gasteiger partial charge in [-0.1, -0.05) is 12.1 Å². The molecular formula is C29H31F3N4O5. The number of nitrogens with two attached hydrogens (primary N) is 1. The summed E-state index contributed by atoms with van der Waals surface area (Å²) in [7, 11) is 0. The number of nitrogens with zero attached hydrogens (tertiary/aromatic N) is 3. The number of rotatable bonds is 10. The molecule has 6 rings (SSSR count). The van der Waals surface area contributed by atoms with E-state index in [-0.39, 0.29) is 64.9 Å². The fraction of sp³-hybridized carbons (Fsp3) is 0.517. The third kappa shape index (κ3) is 6.02. The van der Waals surface area contributed by atoms with E-state index in [4.69, 9.17) is 15.5 Å². The maximum atomic E-state index is 13.2. The van der Waals surface area contributed by atoms with Crippen molar-refractivity contribution in [2.75, 3.05) is 11.5 Å². The molecule has 9 nitrogen and oxygen atoms in total. The van der Waals surface area contributed by atoms with Gasteiger partial charge in [0.1, 0.15) is 5.75 Å². The predicted molar refractivity (Wildman–Crippen MR) is 141 cm³/mol. The third-order valence-corrected chi connectivity index (χ3v) is 8.31. The lowest BCUT2D eigenvalue weighted by Crippen LogP contribution is -2.46. The number of hydrogen-bond acceptors (Lipinski definition) is 8. The lowest BCUT2D eigenvalue weighted by molar-refractivity contribution is -0.274. The summed E-state index contributed by atoms with van der Waals surface area (Å²) >= 11 is 0. The Kier molecular flexibility index (Phi) is 7.13. The zero-order valence-electron chi connectivity index (χ0n) is 22.3. The maximum Gasteiger partial charge on any atom is 0.573 e. The Morgan fingerprint density at radius 3 is 2.32 bits per heavy atom. The Bertz CT molecular complexity index is 1370. The summed E-state index contributed by atoms with van der Waals surface area (Å²) in [4.78, 5) is 36.1. The molecule has 2 saturated carbocycles. The van der Waals surface area contributed by atoms with E-state index in [2.05, 4.69) is 14.6 Å². The van der Waals surface area contributed by atoms with E-state index in [9.17, 15) is 27.9 Å². The Morgan fingerprint density at radius 1 is 1.02 bits per heavy atom. The average Bonchev–Trinajstić information content (AvgIpc) is 3.84. The Hall–Kier alpha value is -3.67. The molecule has 0 spiro atoms. The van der Waals surface area contributed by atoms with Crippen molar-refractivity contribution in [3.05, 3.63) is 52.9 Å². The van der Waals surface area contributed by atoms with Crippen LogP contribution in [0.1, 0.15) is 79.0 Å². The molecule has 2 aliphatic carbocycles. The summed E-state index contributed by atoms with van der Waals surface area (Å²) in [6, 6.07) is 7.15. The molecule has 2 unspecified atom stereocenters. The van der Waals surface area contributed by atoms with Crippen LogP contribution < -0.4 is 15.4 Å². The highest BCUT2D eigenvalue weighted by molar-refractivity contribution is 6.05. The minimum atomic E-state index is -4.91. The van der Waals surface area contributed by atoms with E-state index in [1.54, 1.807) is 6.07 Å². The van der Waals surface area contributed by atoms with Gasteiger partial charge in [0.15, 0.2) is 11.5 Å². The molecule has 2 saturated heterocycles. The van der Waals surface area contributed by atoms with Gasteiger partial charge in [-0.15, -0.1) is 13.2 Å². The molecule has 2 aromatic rings. The molecule has 0 radical (unpaired) electrons. The number of alkyl halides is 3. The van der Waals surface area contributed by atoms with Gasteiger partial charge in [-0.2, -0.15) is 0 Å². The first-order chi connectivity index (χ1) is 19.6. The number of piperidine rings is 1. The van der Waals surface area contributed by atoms with Gasteiger partial charge in [-0.3, -0.25) is 4.79 Å². The number of carbonyl (C=O) groups is 2. The van der Waals surface area contributed by atoms with Crippen LogP contribution in [-0.4, -0.2) is 58.0 Å². The highest BCUT2D eigenvalue weighted by Gasteiger charge is 2.44. The number of para-hydroxylation sites is 1. The van der Waals surface area contributed by atoms with Crippen LogP contribution in [0.4, 0.5) is 19.1 Å². The van der Waals surface area contributed by atoms with Crippen LogP contribution in [0, 0.1) is 5.92 Å². The van der Waals surface area contributed by atoms with E-state index in [0.717, 1.165) is 31.4 Å². The second-order valence-electron chi connectivity index (χ2n) is 11.3. The van der Waals surface area contributed by atoms with Crippen LogP contribution in [0.15, 0.2) is 35.9 Å². The third-order valence-electron chi connectivity index (χ3n) is 8.31. The van der Waals surface area contributed by atoms with Gasteiger partial charge in [0, 0.05) is 40.7 Å². The summed E-state index contributed by atoms with van der Waals surface area (Å²) in [6.45, 7) is -0.123. The minimum absolute atomic E-state index is 0.00533. The Labute approximate surface area is 234 Å². The summed E-state index contributed by atoms with van der Waals surface area (Å²) in [5, 5.41) is 9.60. The largest absolute Gasteiger partial charge is 0.573 e. The van der Waals surface area contributed by atoms with E-state index in [0.29, 0.717) is 31.6 Å². The van der Waals surface area contributed by atoms with Crippen molar-refractivity contribution < 1.29 is 37.3 Å². The molecule has 1 aromatic heterocycles. The Balaban J connectivity index is 1.20. The average molecular weight is 573 g/mol. The number of carboxylic acid groups (broad SMARTS) is 1. The van der Waals surface area contributed by atoms with Gasteiger partial charge in [-0.25, -0.2) is 14.8 Å². The normalized spacial score (nSPS) is 24.7. The first-order valence-corrected chi connectivity index (χ1v) is 14.0. The number of ketones is 1. The molecule has 41 heavy (non-hydrogen) atoms. The molecule has 3 heterocycles. The number of ether oxygens (including phenoxy) is 2. The van der Waals surface area contributed by atoms with Crippen LogP contribution in [-0.2, 0) is 9.53 Å². The van der Waals surface area contributed by atoms with Crippen molar-refractivity contribution >= 4 is 23.4 Å². The maximum absolute atomic E-state index is 13.2. The van der Waals surface area contributed by atoms with Crippen molar-refractivity contribution in [1.82, 2.24) is 9.97 Å². The van der Waals surface area contributed by atoms with Gasteiger partial charge >= 0.3 is 12.3 Å². The topological polar surface area (TPSA) is 128 Å². The minimum Gasteiger partial charge on any atom is -0.477 e. The number of benzene rings is 1. The fourth-order valence-corrected chi connectivity index (χ4v) is 6.00. The molecule has 3 atom stereocenters. The van der Waals surface area contributed by atoms with Crippen molar-refractivity contribution in [2.45, 2.75) is 81.8 Å². The highest BCUT2D eigenvalue weighted by atomic mass is 19.4. The fourth-order valence-electron chi connectivity index (χ4n) is 6.00. The molecule has 2 aliphatic heterocycles. The zero-order chi connectivity index (χ0) is 28.9. The molecular weight excluding hydrogens is 541 g/mol. The molecule has 4 aliphatic rings. The van der Waals surface area contributed by atoms with Gasteiger partial charge in [-0.05, 0) is 69.6 Å². The van der Waals surface area contributed by atoms with Crippen molar-refractivity contribution in [1.29, 1.82) is 0 Å². The number of anilines is 1. The van der Waals surface area contributed by atoms with Crippen molar-refractivity contribution in [3.63, 3.8) is 0 Å². The van der Waals surface area contributed by atoms with Gasteiger partial charge in [0.05, 0.1) is 18.4 Å². The molecule has 4 fully saturated rings. The van der Waals surface area contributed by atoms with Crippen LogP contribution in [0.25, 0.3) is 5.70 Å². The first-order valence-electron chi connectivity index (χ1n) is 14.0. The number of halogens is 3. The van der Waals surface area contributed by atoms with E-state index < -0.39 is 18.1 Å². The number of carbonyl (C=O) groups excluding carboxylic acids is 1. The van der Waals surface area contributed by atoms with Crippen LogP contribution in [0.5, 0.6) is 5.75 Å². The highest BCUT2D eigenvalue weighted by Crippen LogP contribution is 2.43. The van der Waals surface area contributed by atoms with Crippen molar-refractivity contribution in [3.8, 4) is 5.75 Å². The lowest BCUT2D eigenvalue weighted by atomic mass is 9.98. The van der Waals surface area contributed by atoms with Crippen LogP contribution >= 0.6 is 0 Å². The zero-order valence-corrected chi connectivity index (χ0v) is 22.3. The molecule has 2 bridgehead atoms. The second-order valence-corrected chi connectivity index (χ2v) is 11.3. The van der Waals surface area contributed by atoms with Crippen LogP contribution in [0.3, 0.4) is 0 Å². The van der Waals surface area contributed by atoms with Gasteiger partial charge in [0.25, 0.3) is 0 Å². The standard InChI is InChI=1S/C29H31F3N4O5/c30-29(31,32)41-24-4-2-1-3-20(24)25(33)21(26(37)16-7-8-16)14-40-19-11-17-9-10-18(12-19)36(17)28-34-22(15-5-6-15)13-23(35-28)27(38)39/h1-4,13,15-19H,5-12,14,33H2,(H,38,39)/t17-,18?,19?/m0/s1. The van der Waals surface area contributed by atoms with E-state index >= 15 is 0 Å². The molecule has 218 valence electrons. The smallest absolute Gasteiger partial charge is 0.477 e. The first kappa shape index (κ1) is 27.5. The van der Waals surface area contributed by atoms with E-state index in [1.807, 2.05) is 0 Å².